The molecular formula is C14H24N2O2. The fourth-order valence-corrected chi connectivity index (χ4v) is 3.72. The third-order valence-electron chi connectivity index (χ3n) is 4.85. The lowest BCUT2D eigenvalue weighted by molar-refractivity contribution is -0.154. The van der Waals surface area contributed by atoms with Gasteiger partial charge in [0.1, 0.15) is 0 Å². The first-order valence-electron chi connectivity index (χ1n) is 7.40. The Balaban J connectivity index is 1.71. The summed E-state index contributed by atoms with van der Waals surface area (Å²) in [6.45, 7) is 5.54. The number of nitrogens with zero attached hydrogens (tertiary/aromatic N) is 1. The maximum Gasteiger partial charge on any atom is 0.227 e. The number of rotatable bonds is 1. The van der Waals surface area contributed by atoms with Crippen molar-refractivity contribution in [3.8, 4) is 0 Å². The summed E-state index contributed by atoms with van der Waals surface area (Å²) in [5, 5.41) is 3.34. The number of amides is 1. The number of fused-ring (bicyclic) bond motifs is 1. The van der Waals surface area contributed by atoms with E-state index >= 15 is 0 Å². The molecule has 0 aromatic rings. The highest BCUT2D eigenvalue weighted by Crippen LogP contribution is 2.30. The molecule has 3 fully saturated rings. The molecule has 0 radical (unpaired) electrons. The first kappa shape index (κ1) is 12.4. The van der Waals surface area contributed by atoms with Crippen molar-refractivity contribution >= 4 is 5.91 Å². The molecule has 102 valence electrons. The Morgan fingerprint density at radius 2 is 2.11 bits per heavy atom. The fourth-order valence-electron chi connectivity index (χ4n) is 3.72. The van der Waals surface area contributed by atoms with Crippen LogP contribution < -0.4 is 5.32 Å². The minimum absolute atomic E-state index is 0.186. The maximum absolute atomic E-state index is 12.7. The van der Waals surface area contributed by atoms with Gasteiger partial charge in [0.25, 0.3) is 0 Å². The van der Waals surface area contributed by atoms with Crippen molar-refractivity contribution in [3.63, 3.8) is 0 Å². The Labute approximate surface area is 109 Å². The molecule has 4 atom stereocenters. The minimum Gasteiger partial charge on any atom is -0.374 e. The third kappa shape index (κ3) is 2.16. The topological polar surface area (TPSA) is 41.6 Å². The summed E-state index contributed by atoms with van der Waals surface area (Å²) >= 11 is 0. The summed E-state index contributed by atoms with van der Waals surface area (Å²) in [4.78, 5) is 14.8. The average Bonchev–Trinajstić information content (AvgIpc) is 2.83. The van der Waals surface area contributed by atoms with Crippen LogP contribution in [0, 0.1) is 11.8 Å². The molecule has 3 aliphatic rings. The Hall–Kier alpha value is -0.610. The van der Waals surface area contributed by atoms with E-state index in [0.29, 0.717) is 24.0 Å². The molecule has 0 aromatic heterocycles. The predicted octanol–water partition coefficient (Wildman–Crippen LogP) is 1.01. The number of carbonyl (C=O) groups excluding carboxylic acids is 1. The first-order chi connectivity index (χ1) is 8.77. The van der Waals surface area contributed by atoms with Crippen molar-refractivity contribution in [2.24, 2.45) is 11.8 Å². The van der Waals surface area contributed by atoms with Gasteiger partial charge in [0.05, 0.1) is 24.7 Å². The van der Waals surface area contributed by atoms with E-state index < -0.39 is 0 Å². The standard InChI is InChI=1S/C14H24N2O2/c1-10-8-15-9-11(10)14(17)16-6-7-18-13-5-3-2-4-12(13)16/h10-13,15H,2-9H2,1H3/t10-,11-,12?,13?/m1/s1. The molecule has 0 aromatic carbocycles. The number of hydrogen-bond acceptors (Lipinski definition) is 3. The van der Waals surface area contributed by atoms with E-state index in [1.807, 2.05) is 0 Å². The molecule has 2 saturated heterocycles. The number of hydrogen-bond donors (Lipinski definition) is 1. The van der Waals surface area contributed by atoms with Crippen molar-refractivity contribution in [1.82, 2.24) is 10.2 Å². The van der Waals surface area contributed by atoms with Crippen LogP contribution in [0.5, 0.6) is 0 Å². The highest BCUT2D eigenvalue weighted by atomic mass is 16.5. The van der Waals surface area contributed by atoms with Gasteiger partial charge >= 0.3 is 0 Å². The monoisotopic (exact) mass is 252 g/mol. The normalized spacial score (nSPS) is 40.6. The fraction of sp³-hybridized carbons (Fsp3) is 0.929. The van der Waals surface area contributed by atoms with E-state index in [0.717, 1.165) is 39.1 Å². The largest absolute Gasteiger partial charge is 0.374 e. The van der Waals surface area contributed by atoms with Crippen molar-refractivity contribution in [2.75, 3.05) is 26.2 Å². The quantitative estimate of drug-likeness (QED) is 0.757. The van der Waals surface area contributed by atoms with Gasteiger partial charge in [0.2, 0.25) is 5.91 Å². The van der Waals surface area contributed by atoms with Gasteiger partial charge in [-0.15, -0.1) is 0 Å². The van der Waals surface area contributed by atoms with Gasteiger partial charge in [-0.2, -0.15) is 0 Å². The zero-order valence-corrected chi connectivity index (χ0v) is 11.2. The molecular weight excluding hydrogens is 228 g/mol. The van der Waals surface area contributed by atoms with Gasteiger partial charge in [-0.3, -0.25) is 4.79 Å². The number of carbonyl (C=O) groups is 1. The summed E-state index contributed by atoms with van der Waals surface area (Å²) < 4.78 is 5.84. The van der Waals surface area contributed by atoms with Crippen LogP contribution in [0.25, 0.3) is 0 Å². The second kappa shape index (κ2) is 5.17. The smallest absolute Gasteiger partial charge is 0.227 e. The van der Waals surface area contributed by atoms with E-state index in [-0.39, 0.29) is 5.92 Å². The van der Waals surface area contributed by atoms with Gasteiger partial charge in [0.15, 0.2) is 0 Å². The maximum atomic E-state index is 12.7. The van der Waals surface area contributed by atoms with Gasteiger partial charge in [0, 0.05) is 13.1 Å². The van der Waals surface area contributed by atoms with Crippen molar-refractivity contribution < 1.29 is 9.53 Å². The van der Waals surface area contributed by atoms with Gasteiger partial charge in [-0.1, -0.05) is 19.8 Å². The molecule has 2 heterocycles. The highest BCUT2D eigenvalue weighted by molar-refractivity contribution is 5.80. The summed E-state index contributed by atoms with van der Waals surface area (Å²) in [5.41, 5.74) is 0. The van der Waals surface area contributed by atoms with E-state index in [1.54, 1.807) is 0 Å². The molecule has 0 spiro atoms. The molecule has 3 rings (SSSR count). The highest BCUT2D eigenvalue weighted by Gasteiger charge is 2.41. The SMILES string of the molecule is C[C@@H]1CNC[C@H]1C(=O)N1CCOC2CCCCC21. The second-order valence-corrected chi connectivity index (χ2v) is 6.03. The zero-order chi connectivity index (χ0) is 12.5. The third-order valence-corrected chi connectivity index (χ3v) is 4.85. The molecule has 0 bridgehead atoms. The number of morpholine rings is 1. The van der Waals surface area contributed by atoms with Gasteiger partial charge in [-0.25, -0.2) is 0 Å². The Kier molecular flexibility index (Phi) is 3.57. The Bertz CT molecular complexity index is 319. The minimum atomic E-state index is 0.186. The van der Waals surface area contributed by atoms with Crippen LogP contribution in [0.2, 0.25) is 0 Å². The van der Waals surface area contributed by atoms with Crippen LogP contribution in [-0.4, -0.2) is 49.2 Å². The van der Waals surface area contributed by atoms with Crippen molar-refractivity contribution in [2.45, 2.75) is 44.8 Å². The molecule has 4 nitrogen and oxygen atoms in total. The second-order valence-electron chi connectivity index (χ2n) is 6.03. The Morgan fingerprint density at radius 1 is 1.28 bits per heavy atom. The molecule has 2 unspecified atom stereocenters. The van der Waals surface area contributed by atoms with E-state index in [2.05, 4.69) is 17.1 Å². The van der Waals surface area contributed by atoms with Crippen LogP contribution >= 0.6 is 0 Å². The first-order valence-corrected chi connectivity index (χ1v) is 7.40. The summed E-state index contributed by atoms with van der Waals surface area (Å²) in [7, 11) is 0. The van der Waals surface area contributed by atoms with E-state index in [4.69, 9.17) is 4.74 Å². The molecule has 1 N–H and O–H groups in total. The summed E-state index contributed by atoms with van der Waals surface area (Å²) in [6.07, 6.45) is 5.07. The number of ether oxygens (including phenoxy) is 1. The van der Waals surface area contributed by atoms with Crippen LogP contribution in [-0.2, 0) is 9.53 Å². The molecule has 1 saturated carbocycles. The van der Waals surface area contributed by atoms with E-state index in [1.165, 1.54) is 12.8 Å². The molecule has 2 aliphatic heterocycles. The lowest BCUT2D eigenvalue weighted by atomic mass is 9.88. The van der Waals surface area contributed by atoms with Crippen LogP contribution in [0.1, 0.15) is 32.6 Å². The lowest BCUT2D eigenvalue weighted by Crippen LogP contribution is -2.56. The summed E-state index contributed by atoms with van der Waals surface area (Å²) in [5.74, 6) is 1.03. The average molecular weight is 252 g/mol. The molecule has 18 heavy (non-hydrogen) atoms. The van der Waals surface area contributed by atoms with Crippen LogP contribution in [0.3, 0.4) is 0 Å². The van der Waals surface area contributed by atoms with Crippen LogP contribution in [0.4, 0.5) is 0 Å². The van der Waals surface area contributed by atoms with Gasteiger partial charge in [-0.05, 0) is 25.3 Å². The zero-order valence-electron chi connectivity index (χ0n) is 11.2. The lowest BCUT2D eigenvalue weighted by Gasteiger charge is -2.44. The van der Waals surface area contributed by atoms with Gasteiger partial charge < -0.3 is 15.0 Å². The van der Waals surface area contributed by atoms with Crippen molar-refractivity contribution in [1.29, 1.82) is 0 Å². The number of nitrogens with one attached hydrogen (secondary N) is 1. The van der Waals surface area contributed by atoms with Crippen molar-refractivity contribution in [3.05, 3.63) is 0 Å². The van der Waals surface area contributed by atoms with E-state index in [9.17, 15) is 4.79 Å². The van der Waals surface area contributed by atoms with Crippen LogP contribution in [0.15, 0.2) is 0 Å². The predicted molar refractivity (Wildman–Crippen MR) is 69.2 cm³/mol. The molecule has 1 aliphatic carbocycles. The molecule has 1 amide bonds. The molecule has 4 heteroatoms. The Morgan fingerprint density at radius 3 is 2.89 bits per heavy atom. The summed E-state index contributed by atoms with van der Waals surface area (Å²) in [6, 6.07) is 0.354.